The number of carbonyl (C=O) groups excluding carboxylic acids is 1. The zero-order valence-corrected chi connectivity index (χ0v) is 17.9. The van der Waals surface area contributed by atoms with E-state index in [0.29, 0.717) is 42.1 Å². The Morgan fingerprint density at radius 2 is 1.65 bits per heavy atom. The first kappa shape index (κ1) is 20.2. The van der Waals surface area contributed by atoms with Crippen molar-refractivity contribution in [3.63, 3.8) is 0 Å². The van der Waals surface area contributed by atoms with E-state index in [0.717, 1.165) is 25.2 Å². The third-order valence-electron chi connectivity index (χ3n) is 9.30. The van der Waals surface area contributed by atoms with Crippen LogP contribution in [0.15, 0.2) is 0 Å². The molecular weight excluding hydrogens is 322 g/mol. The standard InChI is InChI=1S/C23H41NO2/c1-7-24-20(25)23(26)13-10-16(3)19-14-17-9-8-15(2)18(21(17,4)5)11-12-22(19,23)6/h15-19,26H,7-14H2,1-6H3,(H,24,25)/t15-,16-,17+,18+,19-,22+,23?/m1/s1. The summed E-state index contributed by atoms with van der Waals surface area (Å²) in [5.74, 6) is 3.06. The number of aliphatic hydroxyl groups is 1. The number of carbonyl (C=O) groups is 1. The molecule has 0 aliphatic heterocycles. The van der Waals surface area contributed by atoms with E-state index in [1.54, 1.807) is 0 Å². The minimum absolute atomic E-state index is 0.127. The summed E-state index contributed by atoms with van der Waals surface area (Å²) in [6.45, 7) is 14.5. The van der Waals surface area contributed by atoms with Crippen LogP contribution in [0.1, 0.15) is 86.5 Å². The average Bonchev–Trinajstić information content (AvgIpc) is 2.56. The van der Waals surface area contributed by atoms with Crippen molar-refractivity contribution in [1.29, 1.82) is 0 Å². The van der Waals surface area contributed by atoms with Crippen LogP contribution in [0.2, 0.25) is 0 Å². The molecule has 0 saturated heterocycles. The lowest BCUT2D eigenvalue weighted by Crippen LogP contribution is -2.64. The third-order valence-corrected chi connectivity index (χ3v) is 9.30. The second-order valence-corrected chi connectivity index (χ2v) is 10.7. The van der Waals surface area contributed by atoms with Gasteiger partial charge in [-0.1, -0.05) is 41.0 Å². The molecule has 0 spiro atoms. The summed E-state index contributed by atoms with van der Waals surface area (Å²) < 4.78 is 0. The van der Waals surface area contributed by atoms with Gasteiger partial charge < -0.3 is 10.4 Å². The van der Waals surface area contributed by atoms with Crippen LogP contribution in [0.5, 0.6) is 0 Å². The largest absolute Gasteiger partial charge is 0.379 e. The van der Waals surface area contributed by atoms with Gasteiger partial charge in [0.15, 0.2) is 0 Å². The minimum Gasteiger partial charge on any atom is -0.379 e. The molecular formula is C23H41NO2. The summed E-state index contributed by atoms with van der Waals surface area (Å²) >= 11 is 0. The number of hydrogen-bond acceptors (Lipinski definition) is 2. The smallest absolute Gasteiger partial charge is 0.252 e. The Labute approximate surface area is 160 Å². The predicted molar refractivity (Wildman–Crippen MR) is 107 cm³/mol. The quantitative estimate of drug-likeness (QED) is 0.742. The Hall–Kier alpha value is -0.570. The van der Waals surface area contributed by atoms with E-state index in [-0.39, 0.29) is 11.3 Å². The van der Waals surface area contributed by atoms with Crippen molar-refractivity contribution in [3.8, 4) is 0 Å². The van der Waals surface area contributed by atoms with E-state index < -0.39 is 5.60 Å². The van der Waals surface area contributed by atoms with Crippen molar-refractivity contribution in [2.45, 2.75) is 92.1 Å². The summed E-state index contributed by atoms with van der Waals surface area (Å²) in [6.07, 6.45) is 7.52. The number of rotatable bonds is 2. The highest BCUT2D eigenvalue weighted by Crippen LogP contribution is 2.62. The SMILES string of the molecule is CCNC(=O)C1(O)CC[C@@H](C)[C@H]2C[C@@H]3CC[C@@H](C)[C@H](CC[C@@]21C)C3(C)C. The molecule has 0 heterocycles. The van der Waals surface area contributed by atoms with Crippen LogP contribution >= 0.6 is 0 Å². The molecule has 3 rings (SSSR count). The van der Waals surface area contributed by atoms with Crippen LogP contribution in [0.25, 0.3) is 0 Å². The Kier molecular flexibility index (Phi) is 5.27. The summed E-state index contributed by atoms with van der Waals surface area (Å²) in [6, 6.07) is 0. The van der Waals surface area contributed by atoms with Crippen LogP contribution in [-0.4, -0.2) is 23.2 Å². The van der Waals surface area contributed by atoms with Gasteiger partial charge in [-0.05, 0) is 80.5 Å². The Morgan fingerprint density at radius 1 is 1.00 bits per heavy atom. The van der Waals surface area contributed by atoms with E-state index in [1.807, 2.05) is 6.92 Å². The molecule has 1 unspecified atom stereocenters. The lowest BCUT2D eigenvalue weighted by molar-refractivity contribution is -0.191. The minimum atomic E-state index is -1.21. The summed E-state index contributed by atoms with van der Waals surface area (Å²) in [7, 11) is 0. The molecule has 7 atom stereocenters. The Balaban J connectivity index is 2.01. The van der Waals surface area contributed by atoms with Gasteiger partial charge in [0.25, 0.3) is 5.91 Å². The monoisotopic (exact) mass is 363 g/mol. The molecule has 2 bridgehead atoms. The van der Waals surface area contributed by atoms with Crippen LogP contribution in [0.3, 0.4) is 0 Å². The Morgan fingerprint density at radius 3 is 2.31 bits per heavy atom. The molecule has 0 radical (unpaired) electrons. The first-order valence-electron chi connectivity index (χ1n) is 11.1. The maximum atomic E-state index is 13.0. The first-order chi connectivity index (χ1) is 12.1. The van der Waals surface area contributed by atoms with E-state index in [1.165, 1.54) is 19.3 Å². The van der Waals surface area contributed by atoms with Gasteiger partial charge in [-0.2, -0.15) is 0 Å². The normalized spacial score (nSPS) is 48.0. The van der Waals surface area contributed by atoms with Gasteiger partial charge in [0.1, 0.15) is 5.60 Å². The van der Waals surface area contributed by atoms with Crippen molar-refractivity contribution in [1.82, 2.24) is 5.32 Å². The molecule has 3 heteroatoms. The molecule has 2 N–H and O–H groups in total. The van der Waals surface area contributed by atoms with Crippen LogP contribution < -0.4 is 5.32 Å². The molecule has 3 aliphatic carbocycles. The highest BCUT2D eigenvalue weighted by molar-refractivity contribution is 5.86. The highest BCUT2D eigenvalue weighted by atomic mass is 16.3. The molecule has 150 valence electrons. The maximum absolute atomic E-state index is 13.0. The Bertz CT molecular complexity index is 544. The summed E-state index contributed by atoms with van der Waals surface area (Å²) in [5.41, 5.74) is -1.15. The molecule has 3 fully saturated rings. The van der Waals surface area contributed by atoms with Gasteiger partial charge in [-0.15, -0.1) is 0 Å². The molecule has 26 heavy (non-hydrogen) atoms. The molecule has 0 aromatic carbocycles. The predicted octanol–water partition coefficient (Wildman–Crippen LogP) is 4.78. The molecule has 3 nitrogen and oxygen atoms in total. The van der Waals surface area contributed by atoms with Gasteiger partial charge in [0.05, 0.1) is 0 Å². The third kappa shape index (κ3) is 2.84. The maximum Gasteiger partial charge on any atom is 0.252 e. The second kappa shape index (κ2) is 6.79. The topological polar surface area (TPSA) is 49.3 Å². The summed E-state index contributed by atoms with van der Waals surface area (Å²) in [4.78, 5) is 13.0. The lowest BCUT2D eigenvalue weighted by atomic mass is 9.45. The van der Waals surface area contributed by atoms with Crippen LogP contribution in [0, 0.1) is 40.4 Å². The number of fused-ring (bicyclic) bond motifs is 3. The zero-order valence-electron chi connectivity index (χ0n) is 17.9. The fourth-order valence-corrected chi connectivity index (χ4v) is 7.34. The van der Waals surface area contributed by atoms with Gasteiger partial charge in [0.2, 0.25) is 0 Å². The fourth-order valence-electron chi connectivity index (χ4n) is 7.34. The van der Waals surface area contributed by atoms with Gasteiger partial charge in [-0.3, -0.25) is 4.79 Å². The molecule has 1 amide bonds. The second-order valence-electron chi connectivity index (χ2n) is 10.7. The fraction of sp³-hybridized carbons (Fsp3) is 0.957. The van der Waals surface area contributed by atoms with Crippen molar-refractivity contribution >= 4 is 5.91 Å². The lowest BCUT2D eigenvalue weighted by Gasteiger charge is -2.60. The van der Waals surface area contributed by atoms with Crippen molar-refractivity contribution in [2.75, 3.05) is 6.54 Å². The molecule has 3 aliphatic rings. The van der Waals surface area contributed by atoms with Gasteiger partial charge in [0, 0.05) is 12.0 Å². The average molecular weight is 364 g/mol. The van der Waals surface area contributed by atoms with Crippen LogP contribution in [0.4, 0.5) is 0 Å². The molecule has 0 aromatic heterocycles. The number of likely N-dealkylation sites (N-methyl/N-ethyl adjacent to an activating group) is 1. The van der Waals surface area contributed by atoms with E-state index >= 15 is 0 Å². The van der Waals surface area contributed by atoms with Gasteiger partial charge >= 0.3 is 0 Å². The molecule has 3 saturated carbocycles. The molecule has 0 aromatic rings. The number of amides is 1. The van der Waals surface area contributed by atoms with E-state index in [9.17, 15) is 9.90 Å². The van der Waals surface area contributed by atoms with Crippen molar-refractivity contribution in [2.24, 2.45) is 40.4 Å². The highest BCUT2D eigenvalue weighted by Gasteiger charge is 2.61. The van der Waals surface area contributed by atoms with E-state index in [4.69, 9.17) is 0 Å². The summed E-state index contributed by atoms with van der Waals surface area (Å²) in [5, 5.41) is 14.7. The van der Waals surface area contributed by atoms with E-state index in [2.05, 4.69) is 39.9 Å². The van der Waals surface area contributed by atoms with Crippen molar-refractivity contribution in [3.05, 3.63) is 0 Å². The zero-order chi connectivity index (χ0) is 19.3. The number of hydrogen-bond donors (Lipinski definition) is 2. The number of nitrogens with one attached hydrogen (secondary N) is 1. The van der Waals surface area contributed by atoms with Gasteiger partial charge in [-0.25, -0.2) is 0 Å². The first-order valence-corrected chi connectivity index (χ1v) is 11.1. The van der Waals surface area contributed by atoms with Crippen molar-refractivity contribution < 1.29 is 9.90 Å². The van der Waals surface area contributed by atoms with Crippen LogP contribution in [-0.2, 0) is 4.79 Å².